The topological polar surface area (TPSA) is 45.0 Å². The van der Waals surface area contributed by atoms with Gasteiger partial charge in [-0.15, -0.1) is 0 Å². The molecule has 0 amide bonds. The van der Waals surface area contributed by atoms with Crippen LogP contribution in [-0.2, 0) is 0 Å². The van der Waals surface area contributed by atoms with E-state index in [1.807, 2.05) is 37.3 Å². The highest BCUT2D eigenvalue weighted by Crippen LogP contribution is 2.22. The molecular formula is C17H17FN2O. The van der Waals surface area contributed by atoms with Crippen molar-refractivity contribution in [2.24, 2.45) is 0 Å². The highest BCUT2D eigenvalue weighted by molar-refractivity contribution is 5.48. The molecule has 0 saturated carbocycles. The van der Waals surface area contributed by atoms with E-state index in [-0.39, 0.29) is 11.7 Å². The predicted molar refractivity (Wildman–Crippen MR) is 80.9 cm³/mol. The van der Waals surface area contributed by atoms with Crippen LogP contribution >= 0.6 is 0 Å². The van der Waals surface area contributed by atoms with E-state index in [1.165, 1.54) is 6.07 Å². The first-order valence-electron chi connectivity index (χ1n) is 6.85. The van der Waals surface area contributed by atoms with Gasteiger partial charge in [-0.25, -0.2) is 4.39 Å². The normalized spacial score (nSPS) is 11.5. The molecule has 0 aromatic heterocycles. The van der Waals surface area contributed by atoms with E-state index in [9.17, 15) is 9.65 Å². The molecule has 0 fully saturated rings. The fourth-order valence-electron chi connectivity index (χ4n) is 2.03. The third kappa shape index (κ3) is 3.96. The molecule has 3 nitrogen and oxygen atoms in total. The molecule has 1 N–H and O–H groups in total. The Labute approximate surface area is 124 Å². The van der Waals surface area contributed by atoms with Crippen LogP contribution in [0.5, 0.6) is 5.75 Å². The summed E-state index contributed by atoms with van der Waals surface area (Å²) in [6.07, 6.45) is 0. The van der Waals surface area contributed by atoms with Crippen LogP contribution in [0.4, 0.5) is 10.1 Å². The van der Waals surface area contributed by atoms with Crippen LogP contribution in [0.2, 0.25) is 0 Å². The van der Waals surface area contributed by atoms with Gasteiger partial charge in [0, 0.05) is 18.3 Å². The van der Waals surface area contributed by atoms with Crippen molar-refractivity contribution in [1.82, 2.24) is 0 Å². The Hall–Kier alpha value is -2.54. The molecule has 0 saturated heterocycles. The molecule has 0 heterocycles. The van der Waals surface area contributed by atoms with Crippen LogP contribution in [0.15, 0.2) is 48.5 Å². The lowest BCUT2D eigenvalue weighted by Gasteiger charge is -2.13. The summed E-state index contributed by atoms with van der Waals surface area (Å²) in [5.74, 6) is -0.446. The van der Waals surface area contributed by atoms with E-state index in [0.29, 0.717) is 18.8 Å². The Bertz CT molecular complexity index is 622. The molecule has 1 unspecified atom stereocenters. The lowest BCUT2D eigenvalue weighted by molar-refractivity contribution is 0.321. The van der Waals surface area contributed by atoms with E-state index in [0.717, 1.165) is 5.56 Å². The van der Waals surface area contributed by atoms with Crippen molar-refractivity contribution >= 4 is 5.69 Å². The van der Waals surface area contributed by atoms with Crippen molar-refractivity contribution < 1.29 is 9.13 Å². The first-order chi connectivity index (χ1) is 10.2. The summed E-state index contributed by atoms with van der Waals surface area (Å²) in [6, 6.07) is 16.5. The quantitative estimate of drug-likeness (QED) is 0.873. The van der Waals surface area contributed by atoms with Gasteiger partial charge in [-0.1, -0.05) is 30.3 Å². The van der Waals surface area contributed by atoms with Gasteiger partial charge in [0.15, 0.2) is 11.6 Å². The number of halogens is 1. The average Bonchev–Trinajstić information content (AvgIpc) is 2.52. The molecule has 0 radical (unpaired) electrons. The monoisotopic (exact) mass is 284 g/mol. The standard InChI is InChI=1S/C17H17FN2O/c1-2-21-17-9-8-15(10-16(17)18)20-12-14(11-19)13-6-4-3-5-7-13/h3-10,14,20H,2,12H2,1H3. The zero-order valence-electron chi connectivity index (χ0n) is 11.8. The Kier molecular flexibility index (Phi) is 5.16. The molecule has 2 aromatic rings. The summed E-state index contributed by atoms with van der Waals surface area (Å²) in [4.78, 5) is 0. The van der Waals surface area contributed by atoms with Crippen LogP contribution in [0.25, 0.3) is 0 Å². The SMILES string of the molecule is CCOc1ccc(NCC(C#N)c2ccccc2)cc1F. The third-order valence-corrected chi connectivity index (χ3v) is 3.10. The lowest BCUT2D eigenvalue weighted by atomic mass is 10.0. The molecule has 1 atom stereocenters. The Balaban J connectivity index is 2.02. The second-order valence-corrected chi connectivity index (χ2v) is 4.55. The number of rotatable bonds is 6. The molecule has 108 valence electrons. The van der Waals surface area contributed by atoms with Gasteiger partial charge in [0.05, 0.1) is 18.6 Å². The largest absolute Gasteiger partial charge is 0.491 e. The number of benzene rings is 2. The molecule has 2 aromatic carbocycles. The van der Waals surface area contributed by atoms with Gasteiger partial charge in [0.2, 0.25) is 0 Å². The fraction of sp³-hybridized carbons (Fsp3) is 0.235. The van der Waals surface area contributed by atoms with E-state index >= 15 is 0 Å². The van der Waals surface area contributed by atoms with Gasteiger partial charge in [-0.2, -0.15) is 5.26 Å². The molecule has 21 heavy (non-hydrogen) atoms. The van der Waals surface area contributed by atoms with E-state index in [2.05, 4.69) is 11.4 Å². The van der Waals surface area contributed by atoms with Crippen LogP contribution in [-0.4, -0.2) is 13.2 Å². The second-order valence-electron chi connectivity index (χ2n) is 4.55. The van der Waals surface area contributed by atoms with Crippen LogP contribution in [0.1, 0.15) is 18.4 Å². The fourth-order valence-corrected chi connectivity index (χ4v) is 2.03. The van der Waals surface area contributed by atoms with Crippen molar-refractivity contribution in [3.05, 3.63) is 59.9 Å². The zero-order chi connectivity index (χ0) is 15.1. The Morgan fingerprint density at radius 1 is 1.24 bits per heavy atom. The minimum Gasteiger partial charge on any atom is -0.491 e. The van der Waals surface area contributed by atoms with Crippen LogP contribution in [0, 0.1) is 17.1 Å². The van der Waals surface area contributed by atoms with Gasteiger partial charge in [0.1, 0.15) is 0 Å². The molecule has 4 heteroatoms. The molecule has 0 spiro atoms. The van der Waals surface area contributed by atoms with Gasteiger partial charge >= 0.3 is 0 Å². The summed E-state index contributed by atoms with van der Waals surface area (Å²) < 4.78 is 18.9. The van der Waals surface area contributed by atoms with E-state index in [1.54, 1.807) is 12.1 Å². The predicted octanol–water partition coefficient (Wildman–Crippen LogP) is 3.94. The molecule has 0 aliphatic carbocycles. The maximum Gasteiger partial charge on any atom is 0.167 e. The highest BCUT2D eigenvalue weighted by atomic mass is 19.1. The molecule has 2 rings (SSSR count). The molecular weight excluding hydrogens is 267 g/mol. The van der Waals surface area contributed by atoms with Gasteiger partial charge in [-0.05, 0) is 24.6 Å². The van der Waals surface area contributed by atoms with Crippen molar-refractivity contribution in [3.8, 4) is 11.8 Å². The lowest BCUT2D eigenvalue weighted by Crippen LogP contribution is -2.11. The summed E-state index contributed by atoms with van der Waals surface area (Å²) in [5.41, 5.74) is 1.58. The number of ether oxygens (including phenoxy) is 1. The third-order valence-electron chi connectivity index (χ3n) is 3.10. The van der Waals surface area contributed by atoms with Crippen molar-refractivity contribution in [3.63, 3.8) is 0 Å². The molecule has 0 aliphatic rings. The first-order valence-corrected chi connectivity index (χ1v) is 6.85. The summed E-state index contributed by atoms with van der Waals surface area (Å²) in [7, 11) is 0. The summed E-state index contributed by atoms with van der Waals surface area (Å²) in [6.45, 7) is 2.66. The highest BCUT2D eigenvalue weighted by Gasteiger charge is 2.10. The van der Waals surface area contributed by atoms with E-state index in [4.69, 9.17) is 4.74 Å². The number of anilines is 1. The molecule has 0 aliphatic heterocycles. The summed E-state index contributed by atoms with van der Waals surface area (Å²) in [5, 5.41) is 12.3. The smallest absolute Gasteiger partial charge is 0.167 e. The number of nitrogens with zero attached hydrogens (tertiary/aromatic N) is 1. The van der Waals surface area contributed by atoms with Crippen LogP contribution < -0.4 is 10.1 Å². The maximum atomic E-state index is 13.7. The number of nitriles is 1. The minimum atomic E-state index is -0.407. The van der Waals surface area contributed by atoms with Crippen molar-refractivity contribution in [1.29, 1.82) is 5.26 Å². The van der Waals surface area contributed by atoms with Gasteiger partial charge in [0.25, 0.3) is 0 Å². The maximum absolute atomic E-state index is 13.7. The Morgan fingerprint density at radius 3 is 2.62 bits per heavy atom. The average molecular weight is 284 g/mol. The summed E-state index contributed by atoms with van der Waals surface area (Å²) >= 11 is 0. The molecule has 0 bridgehead atoms. The van der Waals surface area contributed by atoms with Gasteiger partial charge in [-0.3, -0.25) is 0 Å². The Morgan fingerprint density at radius 2 is 2.00 bits per heavy atom. The van der Waals surface area contributed by atoms with Crippen molar-refractivity contribution in [2.75, 3.05) is 18.5 Å². The minimum absolute atomic E-state index is 0.239. The number of nitrogens with one attached hydrogen (secondary N) is 1. The van der Waals surface area contributed by atoms with Gasteiger partial charge < -0.3 is 10.1 Å². The zero-order valence-corrected chi connectivity index (χ0v) is 11.8. The number of hydrogen-bond donors (Lipinski definition) is 1. The number of hydrogen-bond acceptors (Lipinski definition) is 3. The van der Waals surface area contributed by atoms with Crippen molar-refractivity contribution in [2.45, 2.75) is 12.8 Å². The van der Waals surface area contributed by atoms with E-state index < -0.39 is 5.82 Å². The second kappa shape index (κ2) is 7.30. The van der Waals surface area contributed by atoms with Crippen LogP contribution in [0.3, 0.4) is 0 Å². The first kappa shape index (κ1) is 14.9.